The number of rotatable bonds is 7. The first kappa shape index (κ1) is 21.5. The van der Waals surface area contributed by atoms with Gasteiger partial charge in [0.25, 0.3) is 5.91 Å². The van der Waals surface area contributed by atoms with E-state index in [1.54, 1.807) is 6.07 Å². The zero-order valence-electron chi connectivity index (χ0n) is 16.4. The highest BCUT2D eigenvalue weighted by molar-refractivity contribution is 9.10. The van der Waals surface area contributed by atoms with Gasteiger partial charge in [0.15, 0.2) is 0 Å². The van der Waals surface area contributed by atoms with Crippen molar-refractivity contribution in [3.05, 3.63) is 58.1 Å². The second-order valence-electron chi connectivity index (χ2n) is 7.58. The average molecular weight is 494 g/mol. The molecule has 0 atom stereocenters. The highest BCUT2D eigenvalue weighted by atomic mass is 79.9. The van der Waals surface area contributed by atoms with E-state index in [0.29, 0.717) is 10.2 Å². The van der Waals surface area contributed by atoms with Crippen molar-refractivity contribution in [2.45, 2.75) is 30.3 Å². The summed E-state index contributed by atoms with van der Waals surface area (Å²) in [7, 11) is -3.63. The lowest BCUT2D eigenvalue weighted by Crippen LogP contribution is -2.35. The number of nitrogens with one attached hydrogen (secondary N) is 2. The van der Waals surface area contributed by atoms with Crippen LogP contribution in [0.1, 0.15) is 28.8 Å². The van der Waals surface area contributed by atoms with Gasteiger partial charge >= 0.3 is 0 Å². The summed E-state index contributed by atoms with van der Waals surface area (Å²) in [6.07, 6.45) is 1.70. The van der Waals surface area contributed by atoms with Gasteiger partial charge in [-0.05, 0) is 64.7 Å². The second kappa shape index (κ2) is 9.15. The largest absolute Gasteiger partial charge is 0.379 e. The SMILES string of the molecule is O=C(Nc1cccc(CN2CCOCC2)c1)c1cc(S(=O)(=O)NC2CC2)ccc1Br. The van der Waals surface area contributed by atoms with Crippen LogP contribution in [0.15, 0.2) is 51.8 Å². The van der Waals surface area contributed by atoms with Crippen molar-refractivity contribution in [3.8, 4) is 0 Å². The number of amides is 1. The Morgan fingerprint density at radius 3 is 2.63 bits per heavy atom. The summed E-state index contributed by atoms with van der Waals surface area (Å²) in [5.74, 6) is -0.367. The Labute approximate surface area is 185 Å². The van der Waals surface area contributed by atoms with E-state index in [0.717, 1.165) is 51.3 Å². The van der Waals surface area contributed by atoms with Gasteiger partial charge in [-0.25, -0.2) is 13.1 Å². The van der Waals surface area contributed by atoms with E-state index in [1.165, 1.54) is 12.1 Å². The van der Waals surface area contributed by atoms with Crippen molar-refractivity contribution < 1.29 is 17.9 Å². The second-order valence-corrected chi connectivity index (χ2v) is 10.1. The van der Waals surface area contributed by atoms with Crippen LogP contribution in [0.4, 0.5) is 5.69 Å². The maximum absolute atomic E-state index is 12.9. The molecule has 1 aliphatic heterocycles. The maximum atomic E-state index is 12.9. The van der Waals surface area contributed by atoms with E-state index in [1.807, 2.05) is 24.3 Å². The topological polar surface area (TPSA) is 87.7 Å². The average Bonchev–Trinajstić information content (AvgIpc) is 3.52. The third kappa shape index (κ3) is 5.47. The Hall–Kier alpha value is -1.78. The molecule has 9 heteroatoms. The predicted molar refractivity (Wildman–Crippen MR) is 118 cm³/mol. The molecule has 1 saturated carbocycles. The molecule has 1 heterocycles. The van der Waals surface area contributed by atoms with Gasteiger partial charge in [-0.2, -0.15) is 0 Å². The number of carbonyl (C=O) groups is 1. The van der Waals surface area contributed by atoms with Crippen LogP contribution in [0.25, 0.3) is 0 Å². The molecule has 1 aliphatic carbocycles. The van der Waals surface area contributed by atoms with Crippen LogP contribution in [-0.2, 0) is 21.3 Å². The summed E-state index contributed by atoms with van der Waals surface area (Å²) >= 11 is 3.36. The summed E-state index contributed by atoms with van der Waals surface area (Å²) < 4.78 is 33.5. The van der Waals surface area contributed by atoms with Crippen molar-refractivity contribution in [2.24, 2.45) is 0 Å². The molecule has 2 aromatic rings. The molecule has 0 aromatic heterocycles. The maximum Gasteiger partial charge on any atom is 0.256 e. The summed E-state index contributed by atoms with van der Waals surface area (Å²) in [5, 5.41) is 2.88. The van der Waals surface area contributed by atoms with Gasteiger partial charge in [-0.1, -0.05) is 12.1 Å². The van der Waals surface area contributed by atoms with Crippen LogP contribution in [0, 0.1) is 0 Å². The van der Waals surface area contributed by atoms with Crippen LogP contribution < -0.4 is 10.0 Å². The van der Waals surface area contributed by atoms with Crippen LogP contribution in [0.5, 0.6) is 0 Å². The first-order valence-corrected chi connectivity index (χ1v) is 12.2. The zero-order chi connectivity index (χ0) is 21.1. The summed E-state index contributed by atoms with van der Waals surface area (Å²) in [6.45, 7) is 4.04. The number of benzene rings is 2. The molecular weight excluding hydrogens is 470 g/mol. The molecule has 30 heavy (non-hydrogen) atoms. The Bertz CT molecular complexity index is 1030. The van der Waals surface area contributed by atoms with Crippen LogP contribution in [-0.4, -0.2) is 51.6 Å². The van der Waals surface area contributed by atoms with Crippen molar-refractivity contribution in [3.63, 3.8) is 0 Å². The van der Waals surface area contributed by atoms with Crippen molar-refractivity contribution in [1.82, 2.24) is 9.62 Å². The smallest absolute Gasteiger partial charge is 0.256 e. The third-order valence-electron chi connectivity index (χ3n) is 5.09. The molecular formula is C21H24BrN3O4S. The molecule has 0 bridgehead atoms. The van der Waals surface area contributed by atoms with Gasteiger partial charge in [0.1, 0.15) is 0 Å². The highest BCUT2D eigenvalue weighted by Crippen LogP contribution is 2.26. The van der Waals surface area contributed by atoms with Gasteiger partial charge in [-0.15, -0.1) is 0 Å². The number of halogens is 1. The quantitative estimate of drug-likeness (QED) is 0.618. The number of carbonyl (C=O) groups excluding carboxylic acids is 1. The molecule has 2 aromatic carbocycles. The van der Waals surface area contributed by atoms with E-state index >= 15 is 0 Å². The molecule has 4 rings (SSSR count). The number of sulfonamides is 1. The minimum atomic E-state index is -3.63. The van der Waals surface area contributed by atoms with Gasteiger partial charge in [0.2, 0.25) is 10.0 Å². The Kier molecular flexibility index (Phi) is 6.54. The minimum absolute atomic E-state index is 0.00475. The molecule has 7 nitrogen and oxygen atoms in total. The first-order chi connectivity index (χ1) is 14.4. The Balaban J connectivity index is 1.48. The van der Waals surface area contributed by atoms with Gasteiger partial charge in [0.05, 0.1) is 23.7 Å². The molecule has 2 aliphatic rings. The molecule has 0 radical (unpaired) electrons. The van der Waals surface area contributed by atoms with E-state index in [2.05, 4.69) is 30.9 Å². The first-order valence-electron chi connectivity index (χ1n) is 9.93. The monoisotopic (exact) mass is 493 g/mol. The molecule has 1 amide bonds. The van der Waals surface area contributed by atoms with Gasteiger partial charge in [0, 0.05) is 35.8 Å². The predicted octanol–water partition coefficient (Wildman–Crippen LogP) is 2.97. The molecule has 2 N–H and O–H groups in total. The fraction of sp³-hybridized carbons (Fsp3) is 0.381. The number of ether oxygens (including phenoxy) is 1. The number of hydrogen-bond donors (Lipinski definition) is 2. The molecule has 0 unspecified atom stereocenters. The van der Waals surface area contributed by atoms with Gasteiger partial charge in [-0.3, -0.25) is 9.69 Å². The molecule has 1 saturated heterocycles. The lowest BCUT2D eigenvalue weighted by Gasteiger charge is -2.26. The fourth-order valence-corrected chi connectivity index (χ4v) is 5.06. The summed E-state index contributed by atoms with van der Waals surface area (Å²) in [4.78, 5) is 15.3. The van der Waals surface area contributed by atoms with E-state index in [9.17, 15) is 13.2 Å². The normalized spacial score (nSPS) is 17.6. The number of morpholine rings is 1. The van der Waals surface area contributed by atoms with Crippen molar-refractivity contribution in [1.29, 1.82) is 0 Å². The number of anilines is 1. The van der Waals surface area contributed by atoms with Crippen molar-refractivity contribution >= 4 is 37.5 Å². The highest BCUT2D eigenvalue weighted by Gasteiger charge is 2.28. The van der Waals surface area contributed by atoms with Crippen molar-refractivity contribution in [2.75, 3.05) is 31.6 Å². The standard InChI is InChI=1S/C21H24BrN3O4S/c22-20-7-6-18(30(27,28)24-16-4-5-16)13-19(20)21(26)23-17-3-1-2-15(12-17)14-25-8-10-29-11-9-25/h1-3,6-7,12-13,16,24H,4-5,8-11,14H2,(H,23,26). The van der Waals surface area contributed by atoms with E-state index in [-0.39, 0.29) is 22.4 Å². The zero-order valence-corrected chi connectivity index (χ0v) is 18.8. The lowest BCUT2D eigenvalue weighted by atomic mass is 10.1. The molecule has 160 valence electrons. The fourth-order valence-electron chi connectivity index (χ4n) is 3.30. The third-order valence-corrected chi connectivity index (χ3v) is 7.30. The summed E-state index contributed by atoms with van der Waals surface area (Å²) in [6, 6.07) is 12.2. The molecule has 0 spiro atoms. The summed E-state index contributed by atoms with van der Waals surface area (Å²) in [5.41, 5.74) is 2.04. The minimum Gasteiger partial charge on any atom is -0.379 e. The van der Waals surface area contributed by atoms with Gasteiger partial charge < -0.3 is 10.1 Å². The van der Waals surface area contributed by atoms with Crippen LogP contribution in [0.3, 0.4) is 0 Å². The lowest BCUT2D eigenvalue weighted by molar-refractivity contribution is 0.0342. The van der Waals surface area contributed by atoms with E-state index < -0.39 is 10.0 Å². The Morgan fingerprint density at radius 1 is 1.13 bits per heavy atom. The number of hydrogen-bond acceptors (Lipinski definition) is 5. The number of nitrogens with zero attached hydrogens (tertiary/aromatic N) is 1. The Morgan fingerprint density at radius 2 is 1.90 bits per heavy atom. The molecule has 2 fully saturated rings. The van der Waals surface area contributed by atoms with Crippen LogP contribution >= 0.6 is 15.9 Å². The van der Waals surface area contributed by atoms with Crippen LogP contribution in [0.2, 0.25) is 0 Å². The van der Waals surface area contributed by atoms with E-state index in [4.69, 9.17) is 4.74 Å².